The first-order chi connectivity index (χ1) is 8.08. The first-order valence-electron chi connectivity index (χ1n) is 5.76. The summed E-state index contributed by atoms with van der Waals surface area (Å²) in [6.07, 6.45) is 2.03. The minimum absolute atomic E-state index is 0.00218. The van der Waals surface area contributed by atoms with E-state index in [1.165, 1.54) is 12.1 Å². The van der Waals surface area contributed by atoms with Gasteiger partial charge in [0.2, 0.25) is 0 Å². The lowest BCUT2D eigenvalue weighted by Gasteiger charge is -2.25. The summed E-state index contributed by atoms with van der Waals surface area (Å²) in [6.45, 7) is 4.86. The van der Waals surface area contributed by atoms with E-state index in [0.717, 1.165) is 18.4 Å². The Morgan fingerprint density at radius 1 is 1.24 bits per heavy atom. The smallest absolute Gasteiger partial charge is 0.126 e. The molecule has 17 heavy (non-hydrogen) atoms. The highest BCUT2D eigenvalue weighted by molar-refractivity contribution is 7.98. The van der Waals surface area contributed by atoms with E-state index in [9.17, 15) is 8.78 Å². The molecule has 0 radical (unpaired) electrons. The topological polar surface area (TPSA) is 12.0 Å². The van der Waals surface area contributed by atoms with Crippen molar-refractivity contribution in [1.29, 1.82) is 0 Å². The van der Waals surface area contributed by atoms with E-state index < -0.39 is 11.6 Å². The zero-order chi connectivity index (χ0) is 12.8. The molecule has 0 bridgehead atoms. The predicted molar refractivity (Wildman–Crippen MR) is 70.3 cm³/mol. The third-order valence-corrected chi connectivity index (χ3v) is 3.53. The Morgan fingerprint density at radius 3 is 2.29 bits per heavy atom. The number of thioether (sulfide) groups is 1. The third-order valence-electron chi connectivity index (χ3n) is 2.67. The number of benzene rings is 1. The molecule has 0 heterocycles. The second kappa shape index (κ2) is 6.97. The van der Waals surface area contributed by atoms with Gasteiger partial charge in [-0.25, -0.2) is 8.78 Å². The monoisotopic (exact) mass is 259 g/mol. The fourth-order valence-corrected chi connectivity index (χ4v) is 2.70. The Hall–Kier alpha value is -0.610. The van der Waals surface area contributed by atoms with Gasteiger partial charge < -0.3 is 5.32 Å². The second-order valence-corrected chi connectivity index (χ2v) is 5.08. The number of nitrogens with one attached hydrogen (secondary N) is 1. The van der Waals surface area contributed by atoms with Crippen molar-refractivity contribution in [2.24, 2.45) is 5.92 Å². The van der Waals surface area contributed by atoms with Crippen LogP contribution in [0, 0.1) is 17.6 Å². The first kappa shape index (κ1) is 14.5. The molecule has 1 nitrogen and oxygen atoms in total. The van der Waals surface area contributed by atoms with Crippen molar-refractivity contribution in [2.45, 2.75) is 19.9 Å². The van der Waals surface area contributed by atoms with E-state index in [1.54, 1.807) is 11.8 Å². The third kappa shape index (κ3) is 4.28. The lowest BCUT2D eigenvalue weighted by atomic mass is 9.95. The van der Waals surface area contributed by atoms with Crippen LogP contribution in [0.4, 0.5) is 8.78 Å². The molecule has 1 rings (SSSR count). The molecule has 0 aliphatic heterocycles. The molecule has 0 saturated heterocycles. The molecule has 1 N–H and O–H groups in total. The maximum absolute atomic E-state index is 13.2. The molecule has 96 valence electrons. The molecule has 0 amide bonds. The van der Waals surface area contributed by atoms with Gasteiger partial charge in [0.25, 0.3) is 0 Å². The van der Waals surface area contributed by atoms with Gasteiger partial charge in [-0.1, -0.05) is 13.8 Å². The van der Waals surface area contributed by atoms with Crippen molar-refractivity contribution in [1.82, 2.24) is 5.32 Å². The van der Waals surface area contributed by atoms with E-state index in [1.807, 2.05) is 13.2 Å². The molecular formula is C13H19F2NS. The van der Waals surface area contributed by atoms with Gasteiger partial charge in [0.05, 0.1) is 0 Å². The summed E-state index contributed by atoms with van der Waals surface area (Å²) in [6, 6.07) is 3.73. The normalized spacial score (nSPS) is 14.6. The maximum atomic E-state index is 13.2. The zero-order valence-corrected chi connectivity index (χ0v) is 11.3. The van der Waals surface area contributed by atoms with Crippen molar-refractivity contribution in [3.05, 3.63) is 35.4 Å². The first-order valence-corrected chi connectivity index (χ1v) is 7.16. The predicted octanol–water partition coefficient (Wildman–Crippen LogP) is 3.61. The van der Waals surface area contributed by atoms with Crippen LogP contribution < -0.4 is 5.32 Å². The number of hydrogen-bond acceptors (Lipinski definition) is 2. The van der Waals surface area contributed by atoms with E-state index in [0.29, 0.717) is 11.5 Å². The highest BCUT2D eigenvalue weighted by Crippen LogP contribution is 2.25. The van der Waals surface area contributed by atoms with Crippen LogP contribution in [-0.4, -0.2) is 18.6 Å². The highest BCUT2D eigenvalue weighted by atomic mass is 32.2. The van der Waals surface area contributed by atoms with Gasteiger partial charge in [0.1, 0.15) is 11.6 Å². The SMILES string of the molecule is CCNC(c1cc(F)cc(F)c1)C(C)CSC. The Balaban J connectivity index is 2.95. The quantitative estimate of drug-likeness (QED) is 0.837. The van der Waals surface area contributed by atoms with Crippen molar-refractivity contribution in [2.75, 3.05) is 18.6 Å². The number of halogens is 2. The van der Waals surface area contributed by atoms with E-state index in [4.69, 9.17) is 0 Å². The van der Waals surface area contributed by atoms with E-state index in [2.05, 4.69) is 12.2 Å². The lowest BCUT2D eigenvalue weighted by molar-refractivity contribution is 0.423. The zero-order valence-electron chi connectivity index (χ0n) is 10.5. The van der Waals surface area contributed by atoms with Gasteiger partial charge in [-0.2, -0.15) is 11.8 Å². The van der Waals surface area contributed by atoms with Crippen molar-refractivity contribution in [3.8, 4) is 0 Å². The number of rotatable bonds is 6. The minimum atomic E-state index is -0.515. The summed E-state index contributed by atoms with van der Waals surface area (Å²) >= 11 is 1.74. The van der Waals surface area contributed by atoms with Gasteiger partial charge in [-0.15, -0.1) is 0 Å². The molecule has 0 aromatic heterocycles. The molecule has 0 spiro atoms. The maximum Gasteiger partial charge on any atom is 0.126 e. The van der Waals surface area contributed by atoms with E-state index >= 15 is 0 Å². The van der Waals surface area contributed by atoms with Crippen LogP contribution in [0.5, 0.6) is 0 Å². The molecular weight excluding hydrogens is 240 g/mol. The van der Waals surface area contributed by atoms with Crippen molar-refractivity contribution in [3.63, 3.8) is 0 Å². The summed E-state index contributed by atoms with van der Waals surface area (Å²) in [5, 5.41) is 3.29. The van der Waals surface area contributed by atoms with Gasteiger partial charge >= 0.3 is 0 Å². The largest absolute Gasteiger partial charge is 0.310 e. The van der Waals surface area contributed by atoms with Crippen molar-refractivity contribution >= 4 is 11.8 Å². The van der Waals surface area contributed by atoms with Crippen LogP contribution in [0.15, 0.2) is 18.2 Å². The lowest BCUT2D eigenvalue weighted by Crippen LogP contribution is -2.28. The Morgan fingerprint density at radius 2 is 1.82 bits per heavy atom. The molecule has 0 fully saturated rings. The summed E-state index contributed by atoms with van der Waals surface area (Å²) in [4.78, 5) is 0. The molecule has 0 aliphatic carbocycles. The standard InChI is InChI=1S/C13H19F2NS/c1-4-16-13(9(2)8-17-3)10-5-11(14)7-12(15)6-10/h5-7,9,13,16H,4,8H2,1-3H3. The van der Waals surface area contributed by atoms with Crippen LogP contribution in [0.2, 0.25) is 0 Å². The molecule has 1 aromatic rings. The fourth-order valence-electron chi connectivity index (χ4n) is 1.98. The second-order valence-electron chi connectivity index (χ2n) is 4.17. The van der Waals surface area contributed by atoms with Gasteiger partial charge in [-0.3, -0.25) is 0 Å². The molecule has 1 aromatic carbocycles. The average molecular weight is 259 g/mol. The molecule has 0 saturated carbocycles. The van der Waals surface area contributed by atoms with Gasteiger partial charge in [-0.05, 0) is 42.2 Å². The van der Waals surface area contributed by atoms with Gasteiger partial charge in [0.15, 0.2) is 0 Å². The summed E-state index contributed by atoms with van der Waals surface area (Å²) in [5.74, 6) is 0.250. The van der Waals surface area contributed by atoms with Crippen LogP contribution in [0.1, 0.15) is 25.5 Å². The summed E-state index contributed by atoms with van der Waals surface area (Å²) < 4.78 is 26.4. The van der Waals surface area contributed by atoms with Gasteiger partial charge in [0, 0.05) is 12.1 Å². The van der Waals surface area contributed by atoms with E-state index in [-0.39, 0.29) is 6.04 Å². The Kier molecular flexibility index (Phi) is 5.92. The Bertz CT molecular complexity index is 337. The van der Waals surface area contributed by atoms with Crippen LogP contribution in [0.3, 0.4) is 0 Å². The minimum Gasteiger partial charge on any atom is -0.310 e. The van der Waals surface area contributed by atoms with Crippen LogP contribution in [0.25, 0.3) is 0 Å². The summed E-state index contributed by atoms with van der Waals surface area (Å²) in [7, 11) is 0. The van der Waals surface area contributed by atoms with Crippen molar-refractivity contribution < 1.29 is 8.78 Å². The average Bonchev–Trinajstić information content (AvgIpc) is 2.24. The van der Waals surface area contributed by atoms with Crippen LogP contribution in [-0.2, 0) is 0 Å². The molecule has 2 unspecified atom stereocenters. The number of hydrogen-bond donors (Lipinski definition) is 1. The molecule has 0 aliphatic rings. The highest BCUT2D eigenvalue weighted by Gasteiger charge is 2.19. The van der Waals surface area contributed by atoms with Crippen LogP contribution >= 0.6 is 11.8 Å². The molecule has 4 heteroatoms. The Labute approximate surface area is 106 Å². The fraction of sp³-hybridized carbons (Fsp3) is 0.538. The summed E-state index contributed by atoms with van der Waals surface area (Å²) in [5.41, 5.74) is 0.686. The molecule has 2 atom stereocenters.